The predicted octanol–water partition coefficient (Wildman–Crippen LogP) is 1.40. The molecule has 4 nitrogen and oxygen atoms in total. The van der Waals surface area contributed by atoms with Gasteiger partial charge < -0.3 is 15.4 Å². The highest BCUT2D eigenvalue weighted by molar-refractivity contribution is 5.95. The number of halogens is 1. The fourth-order valence-corrected chi connectivity index (χ4v) is 2.06. The molecule has 1 saturated heterocycles. The SMILES string of the molecule is CCC1(N)CN(C(=O)c2ccc(OC)c(F)c2)C1. The van der Waals surface area contributed by atoms with Crippen LogP contribution >= 0.6 is 0 Å². The summed E-state index contributed by atoms with van der Waals surface area (Å²) in [5, 5.41) is 0. The minimum absolute atomic E-state index is 0.136. The number of methoxy groups -OCH3 is 1. The third-order valence-corrected chi connectivity index (χ3v) is 3.40. The Morgan fingerprint density at radius 1 is 1.56 bits per heavy atom. The van der Waals surface area contributed by atoms with Gasteiger partial charge in [0, 0.05) is 18.7 Å². The summed E-state index contributed by atoms with van der Waals surface area (Å²) < 4.78 is 18.3. The minimum Gasteiger partial charge on any atom is -0.494 e. The molecule has 98 valence electrons. The lowest BCUT2D eigenvalue weighted by molar-refractivity contribution is 0.0401. The number of nitrogens with zero attached hydrogens (tertiary/aromatic N) is 1. The van der Waals surface area contributed by atoms with Crippen LogP contribution in [-0.4, -0.2) is 36.5 Å². The van der Waals surface area contributed by atoms with Gasteiger partial charge in [-0.15, -0.1) is 0 Å². The van der Waals surface area contributed by atoms with Crippen LogP contribution in [0, 0.1) is 5.82 Å². The second kappa shape index (κ2) is 4.57. The van der Waals surface area contributed by atoms with Gasteiger partial charge in [-0.1, -0.05) is 6.92 Å². The molecule has 0 unspecified atom stereocenters. The van der Waals surface area contributed by atoms with E-state index in [0.717, 1.165) is 6.42 Å². The molecule has 0 radical (unpaired) electrons. The van der Waals surface area contributed by atoms with Crippen molar-refractivity contribution in [2.75, 3.05) is 20.2 Å². The molecule has 0 spiro atoms. The highest BCUT2D eigenvalue weighted by Gasteiger charge is 2.40. The van der Waals surface area contributed by atoms with Crippen molar-refractivity contribution in [1.29, 1.82) is 0 Å². The van der Waals surface area contributed by atoms with Gasteiger partial charge in [-0.25, -0.2) is 4.39 Å². The van der Waals surface area contributed by atoms with Gasteiger partial charge in [0.2, 0.25) is 0 Å². The number of benzene rings is 1. The summed E-state index contributed by atoms with van der Waals surface area (Å²) >= 11 is 0. The third kappa shape index (κ3) is 2.18. The van der Waals surface area contributed by atoms with Gasteiger partial charge in [0.15, 0.2) is 11.6 Å². The van der Waals surface area contributed by atoms with Crippen LogP contribution < -0.4 is 10.5 Å². The van der Waals surface area contributed by atoms with Crippen LogP contribution in [0.1, 0.15) is 23.7 Å². The number of likely N-dealkylation sites (tertiary alicyclic amines) is 1. The monoisotopic (exact) mass is 252 g/mol. The summed E-state index contributed by atoms with van der Waals surface area (Å²) in [6, 6.07) is 4.22. The first-order valence-corrected chi connectivity index (χ1v) is 5.91. The number of ether oxygens (including phenoxy) is 1. The van der Waals surface area contributed by atoms with Crippen LogP contribution in [0.25, 0.3) is 0 Å². The molecule has 1 aliphatic rings. The molecule has 1 amide bonds. The van der Waals surface area contributed by atoms with E-state index in [-0.39, 0.29) is 17.2 Å². The zero-order valence-electron chi connectivity index (χ0n) is 10.6. The molecule has 1 heterocycles. The van der Waals surface area contributed by atoms with Gasteiger partial charge in [-0.3, -0.25) is 4.79 Å². The number of hydrogen-bond donors (Lipinski definition) is 1. The van der Waals surface area contributed by atoms with Crippen molar-refractivity contribution in [3.63, 3.8) is 0 Å². The van der Waals surface area contributed by atoms with E-state index in [9.17, 15) is 9.18 Å². The highest BCUT2D eigenvalue weighted by atomic mass is 19.1. The van der Waals surface area contributed by atoms with E-state index in [1.54, 1.807) is 11.0 Å². The fourth-order valence-electron chi connectivity index (χ4n) is 2.06. The Balaban J connectivity index is 2.09. The summed E-state index contributed by atoms with van der Waals surface area (Å²) in [6.45, 7) is 3.04. The number of rotatable bonds is 3. The first-order chi connectivity index (χ1) is 8.49. The maximum atomic E-state index is 13.5. The van der Waals surface area contributed by atoms with Gasteiger partial charge >= 0.3 is 0 Å². The third-order valence-electron chi connectivity index (χ3n) is 3.40. The topological polar surface area (TPSA) is 55.6 Å². The second-order valence-electron chi connectivity index (χ2n) is 4.73. The van der Waals surface area contributed by atoms with Gasteiger partial charge in [-0.2, -0.15) is 0 Å². The van der Waals surface area contributed by atoms with Gasteiger partial charge in [0.1, 0.15) is 0 Å². The lowest BCUT2D eigenvalue weighted by Gasteiger charge is -2.47. The van der Waals surface area contributed by atoms with E-state index in [2.05, 4.69) is 0 Å². The fraction of sp³-hybridized carbons (Fsp3) is 0.462. The Morgan fingerprint density at radius 2 is 2.22 bits per heavy atom. The van der Waals surface area contributed by atoms with Crippen molar-refractivity contribution in [3.05, 3.63) is 29.6 Å². The molecule has 0 aliphatic carbocycles. The normalized spacial score (nSPS) is 17.2. The number of hydrogen-bond acceptors (Lipinski definition) is 3. The van der Waals surface area contributed by atoms with Crippen LogP contribution in [-0.2, 0) is 0 Å². The molecule has 1 fully saturated rings. The van der Waals surface area contributed by atoms with Crippen LogP contribution in [0.3, 0.4) is 0 Å². The molecule has 1 aromatic rings. The second-order valence-corrected chi connectivity index (χ2v) is 4.73. The van der Waals surface area contributed by atoms with Gasteiger partial charge in [-0.05, 0) is 24.6 Å². The van der Waals surface area contributed by atoms with Crippen molar-refractivity contribution < 1.29 is 13.9 Å². The maximum Gasteiger partial charge on any atom is 0.254 e. The van der Waals surface area contributed by atoms with Crippen molar-refractivity contribution in [3.8, 4) is 5.75 Å². The Hall–Kier alpha value is -1.62. The quantitative estimate of drug-likeness (QED) is 0.884. The zero-order chi connectivity index (χ0) is 13.3. The summed E-state index contributed by atoms with van der Waals surface area (Å²) in [4.78, 5) is 13.7. The Bertz CT molecular complexity index is 470. The number of carbonyl (C=O) groups excluding carboxylic acids is 1. The molecule has 2 N–H and O–H groups in total. The lowest BCUT2D eigenvalue weighted by atomic mass is 9.88. The van der Waals surface area contributed by atoms with Crippen molar-refractivity contribution in [2.24, 2.45) is 5.73 Å². The molecule has 1 aliphatic heterocycles. The Morgan fingerprint density at radius 3 is 2.72 bits per heavy atom. The average Bonchev–Trinajstić information content (AvgIpc) is 2.34. The molecule has 0 atom stereocenters. The summed E-state index contributed by atoms with van der Waals surface area (Å²) in [6.07, 6.45) is 0.827. The Labute approximate surface area is 106 Å². The van der Waals surface area contributed by atoms with Crippen molar-refractivity contribution >= 4 is 5.91 Å². The van der Waals surface area contributed by atoms with E-state index < -0.39 is 5.82 Å². The number of carbonyl (C=O) groups is 1. The van der Waals surface area contributed by atoms with Crippen LogP contribution in [0.4, 0.5) is 4.39 Å². The summed E-state index contributed by atoms with van der Waals surface area (Å²) in [7, 11) is 1.39. The van der Waals surface area contributed by atoms with Gasteiger partial charge in [0.25, 0.3) is 5.91 Å². The van der Waals surface area contributed by atoms with E-state index in [0.29, 0.717) is 18.7 Å². The van der Waals surface area contributed by atoms with E-state index in [1.165, 1.54) is 19.2 Å². The molecule has 5 heteroatoms. The standard InChI is InChI=1S/C13H17FN2O2/c1-3-13(15)7-16(8-13)12(17)9-4-5-11(18-2)10(14)6-9/h4-6H,3,7-8,15H2,1-2H3. The maximum absolute atomic E-state index is 13.5. The number of amides is 1. The van der Waals surface area contributed by atoms with Crippen molar-refractivity contribution in [1.82, 2.24) is 4.90 Å². The predicted molar refractivity (Wildman–Crippen MR) is 66.1 cm³/mol. The van der Waals surface area contributed by atoms with Crippen LogP contribution in [0.2, 0.25) is 0 Å². The van der Waals surface area contributed by atoms with E-state index >= 15 is 0 Å². The van der Waals surface area contributed by atoms with Crippen LogP contribution in [0.15, 0.2) is 18.2 Å². The van der Waals surface area contributed by atoms with E-state index in [1.807, 2.05) is 6.92 Å². The average molecular weight is 252 g/mol. The van der Waals surface area contributed by atoms with Crippen molar-refractivity contribution in [2.45, 2.75) is 18.9 Å². The molecule has 0 aromatic heterocycles. The highest BCUT2D eigenvalue weighted by Crippen LogP contribution is 2.25. The molecule has 1 aromatic carbocycles. The van der Waals surface area contributed by atoms with Gasteiger partial charge in [0.05, 0.1) is 12.6 Å². The van der Waals surface area contributed by atoms with Crippen LogP contribution in [0.5, 0.6) is 5.75 Å². The molecule has 0 saturated carbocycles. The lowest BCUT2D eigenvalue weighted by Crippen LogP contribution is -2.68. The first-order valence-electron chi connectivity index (χ1n) is 5.91. The summed E-state index contributed by atoms with van der Waals surface area (Å²) in [5.74, 6) is -0.582. The molecule has 0 bridgehead atoms. The molecular weight excluding hydrogens is 235 g/mol. The Kier molecular flexibility index (Phi) is 3.26. The molecule has 18 heavy (non-hydrogen) atoms. The van der Waals surface area contributed by atoms with E-state index in [4.69, 9.17) is 10.5 Å². The number of nitrogens with two attached hydrogens (primary N) is 1. The zero-order valence-corrected chi connectivity index (χ0v) is 10.6. The molecule has 2 rings (SSSR count). The largest absolute Gasteiger partial charge is 0.494 e. The smallest absolute Gasteiger partial charge is 0.254 e. The summed E-state index contributed by atoms with van der Waals surface area (Å²) in [5.41, 5.74) is 6.04. The first kappa shape index (κ1) is 12.8. The molecular formula is C13H17FN2O2. The minimum atomic E-state index is -0.529.